The largest absolute Gasteiger partial charge is 1.00 e. The SMILES string of the molecule is C[C](C)=[Zr+2].[C-]1=CC=CC1.[Cl-].[Cl-].c1ccc2c3c([cH-]c2c1)CCCC3. The molecule has 128 valence electrons. The van der Waals surface area contributed by atoms with Crippen LogP contribution >= 0.6 is 0 Å². The second kappa shape index (κ2) is 12.9. The standard InChI is InChI=1S/C13H13.C5H5.C3H6.2ClH.Zr/c1-3-7-12-10(5-1)9-11-6-2-4-8-13(11)12;1-2-4-5-3-1;1-3-2;;;/h1,3,5,7,9H,2,4,6,8H2;1-3H,4H2;1-2H3;2*1H;/q2*-1;;;;+2/p-2. The number of fused-ring (bicyclic) bond motifs is 3. The molecule has 0 heterocycles. The average Bonchev–Trinajstić information content (AvgIpc) is 3.18. The van der Waals surface area contributed by atoms with Crippen molar-refractivity contribution in [1.29, 1.82) is 0 Å². The maximum absolute atomic E-state index is 2.99. The maximum atomic E-state index is 2.99. The molecule has 0 atom stereocenters. The first kappa shape index (κ1) is 23.6. The molecule has 0 saturated carbocycles. The van der Waals surface area contributed by atoms with Crippen LogP contribution in [0, 0.1) is 6.08 Å². The van der Waals surface area contributed by atoms with Crippen LogP contribution < -0.4 is 24.8 Å². The van der Waals surface area contributed by atoms with Gasteiger partial charge in [-0.05, 0) is 6.42 Å². The summed E-state index contributed by atoms with van der Waals surface area (Å²) in [4.78, 5) is 0. The average molecular weight is 439 g/mol. The molecule has 4 rings (SSSR count). The normalized spacial score (nSPS) is 13.5. The topological polar surface area (TPSA) is 0 Å². The summed E-state index contributed by atoms with van der Waals surface area (Å²) < 4.78 is 1.51. The first-order valence-corrected chi connectivity index (χ1v) is 9.31. The van der Waals surface area contributed by atoms with Crippen LogP contribution in [-0.4, -0.2) is 3.21 Å². The van der Waals surface area contributed by atoms with Crippen LogP contribution in [0.1, 0.15) is 44.2 Å². The third kappa shape index (κ3) is 7.68. The van der Waals surface area contributed by atoms with Gasteiger partial charge in [0.2, 0.25) is 0 Å². The van der Waals surface area contributed by atoms with Crippen LogP contribution in [0.5, 0.6) is 0 Å². The van der Waals surface area contributed by atoms with Gasteiger partial charge in [0.1, 0.15) is 0 Å². The quantitative estimate of drug-likeness (QED) is 0.487. The first-order valence-electron chi connectivity index (χ1n) is 8.08. The Hall–Kier alpha value is -0.357. The van der Waals surface area contributed by atoms with Crippen molar-refractivity contribution in [3.05, 3.63) is 65.8 Å². The summed E-state index contributed by atoms with van der Waals surface area (Å²) >= 11 is 1.55. The molecule has 0 aromatic heterocycles. The van der Waals surface area contributed by atoms with Gasteiger partial charge in [0.25, 0.3) is 0 Å². The Morgan fingerprint density at radius 3 is 2.33 bits per heavy atom. The van der Waals surface area contributed by atoms with Gasteiger partial charge in [0.15, 0.2) is 0 Å². The molecule has 0 amide bonds. The molecule has 0 saturated heterocycles. The van der Waals surface area contributed by atoms with Crippen LogP contribution in [0.2, 0.25) is 0 Å². The summed E-state index contributed by atoms with van der Waals surface area (Å²) in [6.07, 6.45) is 15.3. The smallest absolute Gasteiger partial charge is 0.0456 e. The Labute approximate surface area is 173 Å². The van der Waals surface area contributed by atoms with Crippen molar-refractivity contribution in [2.45, 2.75) is 46.0 Å². The van der Waals surface area contributed by atoms with E-state index in [1.807, 2.05) is 12.2 Å². The molecule has 0 N–H and O–H groups in total. The first-order chi connectivity index (χ1) is 10.7. The zero-order chi connectivity index (χ0) is 15.8. The molecule has 0 nitrogen and oxygen atoms in total. The van der Waals surface area contributed by atoms with Gasteiger partial charge in [0.05, 0.1) is 0 Å². The minimum absolute atomic E-state index is 0. The number of halogens is 2. The fraction of sp³-hybridized carbons (Fsp3) is 0.333. The van der Waals surface area contributed by atoms with Crippen LogP contribution in [-0.2, 0) is 37.1 Å². The third-order valence-corrected chi connectivity index (χ3v) is 3.71. The van der Waals surface area contributed by atoms with Crippen LogP contribution in [0.15, 0.2) is 48.6 Å². The van der Waals surface area contributed by atoms with Gasteiger partial charge in [0, 0.05) is 0 Å². The number of allylic oxidation sites excluding steroid dienone is 4. The molecule has 0 unspecified atom stereocenters. The fourth-order valence-corrected chi connectivity index (χ4v) is 2.82. The molecule has 24 heavy (non-hydrogen) atoms. The molecule has 0 bridgehead atoms. The van der Waals surface area contributed by atoms with Crippen molar-refractivity contribution in [3.63, 3.8) is 0 Å². The van der Waals surface area contributed by atoms with Crippen molar-refractivity contribution in [2.24, 2.45) is 0 Å². The summed E-state index contributed by atoms with van der Waals surface area (Å²) in [5, 5.41) is 2.94. The Kier molecular flexibility index (Phi) is 12.7. The monoisotopic (exact) mass is 436 g/mol. The van der Waals surface area contributed by atoms with Crippen molar-refractivity contribution in [2.75, 3.05) is 0 Å². The minimum Gasteiger partial charge on any atom is -1.00 e. The predicted octanol–water partition coefficient (Wildman–Crippen LogP) is -0.503. The van der Waals surface area contributed by atoms with E-state index in [2.05, 4.69) is 56.3 Å². The second-order valence-corrected chi connectivity index (χ2v) is 8.40. The summed E-state index contributed by atoms with van der Waals surface area (Å²) in [6, 6.07) is 11.2. The van der Waals surface area contributed by atoms with Crippen molar-refractivity contribution in [3.8, 4) is 0 Å². The molecule has 0 fully saturated rings. The number of rotatable bonds is 0. The summed E-state index contributed by atoms with van der Waals surface area (Å²) in [5.41, 5.74) is 3.23. The van der Waals surface area contributed by atoms with Gasteiger partial charge in [-0.25, -0.2) is 12.2 Å². The maximum Gasteiger partial charge on any atom is -0.0456 e. The molecular weight excluding hydrogens is 414 g/mol. The van der Waals surface area contributed by atoms with Gasteiger partial charge < -0.3 is 24.8 Å². The van der Waals surface area contributed by atoms with Gasteiger partial charge in [-0.1, -0.05) is 25.3 Å². The Balaban J connectivity index is 0.000000409. The molecule has 3 heteroatoms. The van der Waals surface area contributed by atoms with Gasteiger partial charge in [-0.15, -0.1) is 47.0 Å². The van der Waals surface area contributed by atoms with E-state index in [1.54, 1.807) is 35.4 Å². The van der Waals surface area contributed by atoms with Crippen molar-refractivity contribution < 1.29 is 49.0 Å². The van der Waals surface area contributed by atoms with E-state index in [0.29, 0.717) is 0 Å². The predicted molar refractivity (Wildman–Crippen MR) is 94.1 cm³/mol. The zero-order valence-electron chi connectivity index (χ0n) is 14.4. The molecule has 0 aliphatic heterocycles. The summed E-state index contributed by atoms with van der Waals surface area (Å²) in [6.45, 7) is 4.25. The number of aryl methyl sites for hydroxylation is 2. The van der Waals surface area contributed by atoms with Gasteiger partial charge >= 0.3 is 41.3 Å². The van der Waals surface area contributed by atoms with Crippen LogP contribution in [0.4, 0.5) is 0 Å². The van der Waals surface area contributed by atoms with Crippen molar-refractivity contribution >= 4 is 14.0 Å². The Bertz CT molecular complexity index is 666. The molecule has 2 aliphatic carbocycles. The molecule has 0 radical (unpaired) electrons. The van der Waals surface area contributed by atoms with Crippen LogP contribution in [0.3, 0.4) is 0 Å². The van der Waals surface area contributed by atoms with Crippen LogP contribution in [0.25, 0.3) is 10.8 Å². The fourth-order valence-electron chi connectivity index (χ4n) is 2.82. The van der Waals surface area contributed by atoms with Gasteiger partial charge in [-0.2, -0.15) is 11.6 Å². The van der Waals surface area contributed by atoms with E-state index in [4.69, 9.17) is 0 Å². The summed E-state index contributed by atoms with van der Waals surface area (Å²) in [5.74, 6) is 0. The molecule has 0 spiro atoms. The molecule has 2 aromatic carbocycles. The Morgan fingerprint density at radius 1 is 1.08 bits per heavy atom. The number of hydrogen-bond acceptors (Lipinski definition) is 0. The molecule has 2 aliphatic rings. The molecular formula is C21H24Cl2Zr-2. The van der Waals surface area contributed by atoms with Crippen molar-refractivity contribution in [1.82, 2.24) is 0 Å². The minimum atomic E-state index is 0. The zero-order valence-corrected chi connectivity index (χ0v) is 18.4. The number of hydrogen-bond donors (Lipinski definition) is 0. The second-order valence-electron chi connectivity index (χ2n) is 5.95. The Morgan fingerprint density at radius 2 is 1.75 bits per heavy atom. The summed E-state index contributed by atoms with van der Waals surface area (Å²) in [7, 11) is 0. The third-order valence-electron chi connectivity index (χ3n) is 3.71. The van der Waals surface area contributed by atoms with E-state index >= 15 is 0 Å². The number of benzene rings is 1. The van der Waals surface area contributed by atoms with E-state index in [1.165, 1.54) is 39.7 Å². The van der Waals surface area contributed by atoms with Gasteiger partial charge in [-0.3, -0.25) is 6.08 Å². The molecule has 2 aromatic rings. The van der Waals surface area contributed by atoms with E-state index in [0.717, 1.165) is 6.42 Å². The van der Waals surface area contributed by atoms with E-state index in [9.17, 15) is 0 Å². The van der Waals surface area contributed by atoms with E-state index in [-0.39, 0.29) is 24.8 Å². The van der Waals surface area contributed by atoms with E-state index < -0.39 is 0 Å².